The summed E-state index contributed by atoms with van der Waals surface area (Å²) < 4.78 is 1.80. The zero-order chi connectivity index (χ0) is 12.4. The van der Waals surface area contributed by atoms with Crippen LogP contribution in [-0.2, 0) is 7.05 Å². The molecule has 0 aliphatic carbocycles. The smallest absolute Gasteiger partial charge is 0.282 e. The molecule has 0 bridgehead atoms. The Hall–Kier alpha value is -2.17. The van der Waals surface area contributed by atoms with E-state index in [2.05, 4.69) is 9.98 Å². The van der Waals surface area contributed by atoms with Gasteiger partial charge in [0, 0.05) is 21.1 Å². The van der Waals surface area contributed by atoms with Gasteiger partial charge in [0.25, 0.3) is 5.56 Å². The van der Waals surface area contributed by atoms with Crippen LogP contribution in [0.15, 0.2) is 34.1 Å². The van der Waals surface area contributed by atoms with Gasteiger partial charge in [-0.15, -0.1) is 0 Å². The lowest BCUT2D eigenvalue weighted by atomic mass is 10.2. The van der Waals surface area contributed by atoms with Crippen LogP contribution < -0.4 is 5.56 Å². The Labute approximate surface area is 99.0 Å². The average Bonchev–Trinajstić information content (AvgIpc) is 2.32. The minimum absolute atomic E-state index is 0.246. The molecule has 2 rings (SSSR count). The molecule has 0 unspecified atom stereocenters. The topological polar surface area (TPSA) is 50.5 Å². The van der Waals surface area contributed by atoms with E-state index in [-0.39, 0.29) is 5.56 Å². The summed E-state index contributed by atoms with van der Waals surface area (Å²) in [6.45, 7) is 0. The molecule has 17 heavy (non-hydrogen) atoms. The number of aliphatic imine (C=N–C) groups is 1. The molecule has 0 aliphatic heterocycles. The molecule has 5 nitrogen and oxygen atoms in total. The molecule has 1 heterocycles. The molecule has 0 saturated heterocycles. The Morgan fingerprint density at radius 2 is 2.06 bits per heavy atom. The third-order valence-electron chi connectivity index (χ3n) is 2.40. The van der Waals surface area contributed by atoms with Crippen LogP contribution in [0.25, 0.3) is 10.9 Å². The van der Waals surface area contributed by atoms with Gasteiger partial charge in [-0.25, -0.2) is 4.99 Å². The van der Waals surface area contributed by atoms with Crippen molar-refractivity contribution < 1.29 is 0 Å². The quantitative estimate of drug-likeness (QED) is 0.574. The van der Waals surface area contributed by atoms with Crippen molar-refractivity contribution in [1.29, 1.82) is 0 Å². The summed E-state index contributed by atoms with van der Waals surface area (Å²) in [5.74, 6) is 0.405. The molecule has 88 valence electrons. The highest BCUT2D eigenvalue weighted by Gasteiger charge is 2.05. The number of benzene rings is 1. The van der Waals surface area contributed by atoms with Gasteiger partial charge in [-0.2, -0.15) is 4.98 Å². The third kappa shape index (κ3) is 2.18. The fourth-order valence-corrected chi connectivity index (χ4v) is 1.56. The van der Waals surface area contributed by atoms with Gasteiger partial charge in [0.2, 0.25) is 5.95 Å². The highest BCUT2D eigenvalue weighted by Crippen LogP contribution is 2.13. The average molecular weight is 230 g/mol. The summed E-state index contributed by atoms with van der Waals surface area (Å²) in [5, 5.41) is 0.610. The number of fused-ring (bicyclic) bond motifs is 1. The summed E-state index contributed by atoms with van der Waals surface area (Å²) in [5.41, 5.74) is 0.586. The molecule has 2 aromatic rings. The van der Waals surface area contributed by atoms with E-state index in [0.29, 0.717) is 11.3 Å². The van der Waals surface area contributed by atoms with Gasteiger partial charge < -0.3 is 9.47 Å². The van der Waals surface area contributed by atoms with Crippen molar-refractivity contribution in [2.75, 3.05) is 14.1 Å². The van der Waals surface area contributed by atoms with Crippen molar-refractivity contribution in [3.8, 4) is 0 Å². The number of para-hydroxylation sites is 1. The van der Waals surface area contributed by atoms with Crippen LogP contribution >= 0.6 is 0 Å². The van der Waals surface area contributed by atoms with Gasteiger partial charge in [-0.1, -0.05) is 12.1 Å². The van der Waals surface area contributed by atoms with Crippen LogP contribution in [0.2, 0.25) is 0 Å². The molecule has 0 amide bonds. The number of nitrogens with zero attached hydrogens (tertiary/aromatic N) is 4. The van der Waals surface area contributed by atoms with Crippen molar-refractivity contribution in [1.82, 2.24) is 14.5 Å². The van der Waals surface area contributed by atoms with Crippen molar-refractivity contribution in [2.45, 2.75) is 0 Å². The van der Waals surface area contributed by atoms with Gasteiger partial charge >= 0.3 is 0 Å². The van der Waals surface area contributed by atoms with E-state index in [1.54, 1.807) is 21.9 Å². The van der Waals surface area contributed by atoms with E-state index >= 15 is 0 Å². The molecular formula is C12H14N4O. The Morgan fingerprint density at radius 3 is 2.76 bits per heavy atom. The molecule has 0 N–H and O–H groups in total. The largest absolute Gasteiger partial charge is 0.369 e. The summed E-state index contributed by atoms with van der Waals surface area (Å²) in [6.07, 6.45) is 1.62. The van der Waals surface area contributed by atoms with Gasteiger partial charge in [0.15, 0.2) is 0 Å². The fraction of sp³-hybridized carbons (Fsp3) is 0.250. The Balaban J connectivity index is 2.67. The molecule has 0 spiro atoms. The van der Waals surface area contributed by atoms with Crippen LogP contribution in [0, 0.1) is 0 Å². The van der Waals surface area contributed by atoms with Crippen molar-refractivity contribution in [2.24, 2.45) is 12.0 Å². The lowest BCUT2D eigenvalue weighted by molar-refractivity contribution is 0.641. The number of hydrogen-bond donors (Lipinski definition) is 0. The lowest BCUT2D eigenvalue weighted by Gasteiger charge is -2.08. The first-order valence-corrected chi connectivity index (χ1v) is 5.26. The minimum Gasteiger partial charge on any atom is -0.369 e. The first kappa shape index (κ1) is 11.3. The second kappa shape index (κ2) is 4.37. The van der Waals surface area contributed by atoms with Gasteiger partial charge in [-0.05, 0) is 12.1 Å². The van der Waals surface area contributed by atoms with E-state index in [1.807, 2.05) is 39.3 Å². The number of hydrogen-bond acceptors (Lipinski definition) is 3. The van der Waals surface area contributed by atoms with Crippen LogP contribution in [-0.4, -0.2) is 34.9 Å². The van der Waals surface area contributed by atoms with Gasteiger partial charge in [-0.3, -0.25) is 4.79 Å². The fourth-order valence-electron chi connectivity index (χ4n) is 1.56. The Kier molecular flexibility index (Phi) is 2.91. The highest BCUT2D eigenvalue weighted by atomic mass is 16.1. The van der Waals surface area contributed by atoms with E-state index < -0.39 is 0 Å². The molecule has 0 saturated carbocycles. The lowest BCUT2D eigenvalue weighted by Crippen LogP contribution is -2.13. The molecule has 0 radical (unpaired) electrons. The molecule has 0 aliphatic rings. The summed E-state index contributed by atoms with van der Waals surface area (Å²) in [7, 11) is 5.57. The van der Waals surface area contributed by atoms with Crippen LogP contribution in [0.3, 0.4) is 0 Å². The van der Waals surface area contributed by atoms with Gasteiger partial charge in [0.1, 0.15) is 0 Å². The summed E-state index contributed by atoms with van der Waals surface area (Å²) >= 11 is 0. The van der Waals surface area contributed by atoms with Crippen molar-refractivity contribution in [3.05, 3.63) is 34.6 Å². The monoisotopic (exact) mass is 230 g/mol. The predicted molar refractivity (Wildman–Crippen MR) is 68.8 cm³/mol. The normalized spacial score (nSPS) is 11.2. The van der Waals surface area contributed by atoms with Crippen LogP contribution in [0.1, 0.15) is 0 Å². The van der Waals surface area contributed by atoms with Crippen LogP contribution in [0.4, 0.5) is 5.95 Å². The molecular weight excluding hydrogens is 216 g/mol. The maximum Gasteiger partial charge on any atom is 0.282 e. The first-order valence-electron chi connectivity index (χ1n) is 5.26. The van der Waals surface area contributed by atoms with Crippen LogP contribution in [0.5, 0.6) is 0 Å². The van der Waals surface area contributed by atoms with Gasteiger partial charge in [0.05, 0.1) is 17.2 Å². The van der Waals surface area contributed by atoms with Crippen molar-refractivity contribution in [3.63, 3.8) is 0 Å². The Morgan fingerprint density at radius 1 is 1.35 bits per heavy atom. The third-order valence-corrected chi connectivity index (χ3v) is 2.40. The van der Waals surface area contributed by atoms with E-state index in [4.69, 9.17) is 0 Å². The standard InChI is InChI=1S/C12H14N4O/c1-15(2)8-13-12-14-11(17)9-6-4-5-7-10(9)16(12)3/h4-8H,1-3H3/b13-8+. The second-order valence-corrected chi connectivity index (χ2v) is 4.00. The molecule has 1 aromatic carbocycles. The number of aromatic nitrogens is 2. The number of rotatable bonds is 2. The SMILES string of the molecule is CN(C)/C=N/c1nc(=O)c2ccccc2n1C. The molecule has 0 fully saturated rings. The van der Waals surface area contributed by atoms with Crippen molar-refractivity contribution >= 4 is 23.2 Å². The molecule has 1 aromatic heterocycles. The van der Waals surface area contributed by atoms with E-state index in [9.17, 15) is 4.79 Å². The minimum atomic E-state index is -0.246. The number of aryl methyl sites for hydroxylation is 1. The Bertz CT molecular complexity index is 628. The maximum absolute atomic E-state index is 11.8. The summed E-state index contributed by atoms with van der Waals surface area (Å²) in [6, 6.07) is 7.37. The zero-order valence-corrected chi connectivity index (χ0v) is 10.1. The maximum atomic E-state index is 11.8. The predicted octanol–water partition coefficient (Wildman–Crippen LogP) is 1.15. The second-order valence-electron chi connectivity index (χ2n) is 4.00. The zero-order valence-electron chi connectivity index (χ0n) is 10.1. The molecule has 5 heteroatoms. The van der Waals surface area contributed by atoms with E-state index in [0.717, 1.165) is 5.52 Å². The summed E-state index contributed by atoms with van der Waals surface area (Å²) in [4.78, 5) is 21.7. The highest BCUT2D eigenvalue weighted by molar-refractivity contribution is 5.79. The first-order chi connectivity index (χ1) is 8.09. The molecule has 0 atom stereocenters. The van der Waals surface area contributed by atoms with E-state index in [1.165, 1.54) is 0 Å².